The standard InChI is InChI=1S/C27H24F4N2O5/c28-26(29)27(30,31)16-37-23-9-4-19(5-10-23)25(35)38-24-7-2-17(3-8-24)1-6-22(34)15-36-14-18-11-20(32)13-21(33)12-18/h1-13,26H,14-16,32-33H2/b6-1+. The third kappa shape index (κ3) is 8.63. The fourth-order valence-electron chi connectivity index (χ4n) is 3.08. The molecule has 200 valence electrons. The minimum absolute atomic E-state index is 0.0911. The molecule has 7 nitrogen and oxygen atoms in total. The van der Waals surface area contributed by atoms with Gasteiger partial charge in [0.05, 0.1) is 12.2 Å². The molecule has 3 rings (SSSR count). The number of hydrogen-bond acceptors (Lipinski definition) is 7. The fourth-order valence-corrected chi connectivity index (χ4v) is 3.08. The van der Waals surface area contributed by atoms with E-state index < -0.39 is 24.9 Å². The molecule has 0 spiro atoms. The van der Waals surface area contributed by atoms with Crippen LogP contribution in [0, 0.1) is 0 Å². The number of anilines is 2. The van der Waals surface area contributed by atoms with Gasteiger partial charge in [-0.2, -0.15) is 8.78 Å². The Bertz CT molecular complexity index is 1260. The lowest BCUT2D eigenvalue weighted by Crippen LogP contribution is -2.33. The fraction of sp³-hybridized carbons (Fsp3) is 0.185. The first-order chi connectivity index (χ1) is 18.0. The second-order valence-corrected chi connectivity index (χ2v) is 8.13. The van der Waals surface area contributed by atoms with Crippen LogP contribution in [0.1, 0.15) is 21.5 Å². The van der Waals surface area contributed by atoms with Crippen LogP contribution in [0.15, 0.2) is 72.8 Å². The van der Waals surface area contributed by atoms with E-state index in [9.17, 15) is 27.2 Å². The molecule has 4 N–H and O–H groups in total. The van der Waals surface area contributed by atoms with Gasteiger partial charge in [-0.05, 0) is 71.8 Å². The van der Waals surface area contributed by atoms with Gasteiger partial charge in [0, 0.05) is 11.4 Å². The second-order valence-electron chi connectivity index (χ2n) is 8.13. The molecule has 0 aliphatic rings. The number of hydrogen-bond donors (Lipinski definition) is 2. The molecule has 11 heteroatoms. The molecule has 0 aromatic heterocycles. The number of esters is 1. The molecule has 0 heterocycles. The zero-order valence-electron chi connectivity index (χ0n) is 19.9. The summed E-state index contributed by atoms with van der Waals surface area (Å²) in [5, 5.41) is 0. The SMILES string of the molecule is Nc1cc(N)cc(COCC(=O)/C=C/c2ccc(OC(=O)c3ccc(OCC(F)(F)C(F)F)cc3)cc2)c1. The average molecular weight is 532 g/mol. The number of nitrogen functional groups attached to an aromatic ring is 2. The Balaban J connectivity index is 1.45. The first kappa shape index (κ1) is 28.2. The summed E-state index contributed by atoms with van der Waals surface area (Å²) in [7, 11) is 0. The first-order valence-corrected chi connectivity index (χ1v) is 11.2. The molecular formula is C27H24F4N2O5. The van der Waals surface area contributed by atoms with Crippen molar-refractivity contribution in [2.24, 2.45) is 0 Å². The average Bonchev–Trinajstić information content (AvgIpc) is 2.87. The number of ketones is 1. The molecule has 0 fully saturated rings. The molecular weight excluding hydrogens is 508 g/mol. The van der Waals surface area contributed by atoms with Crippen LogP contribution in [0.3, 0.4) is 0 Å². The lowest BCUT2D eigenvalue weighted by Gasteiger charge is -2.16. The van der Waals surface area contributed by atoms with Crippen LogP contribution < -0.4 is 20.9 Å². The third-order valence-electron chi connectivity index (χ3n) is 4.94. The number of carbonyl (C=O) groups is 2. The van der Waals surface area contributed by atoms with Gasteiger partial charge in [-0.25, -0.2) is 13.6 Å². The summed E-state index contributed by atoms with van der Waals surface area (Å²) in [4.78, 5) is 24.3. The number of rotatable bonds is 12. The van der Waals surface area contributed by atoms with Gasteiger partial charge in [-0.1, -0.05) is 18.2 Å². The zero-order valence-corrected chi connectivity index (χ0v) is 19.9. The zero-order chi connectivity index (χ0) is 27.7. The van der Waals surface area contributed by atoms with Crippen molar-refractivity contribution in [2.75, 3.05) is 24.7 Å². The Morgan fingerprint density at radius 2 is 1.50 bits per heavy atom. The van der Waals surface area contributed by atoms with Crippen molar-refractivity contribution < 1.29 is 41.4 Å². The quantitative estimate of drug-likeness (QED) is 0.109. The largest absolute Gasteiger partial charge is 0.487 e. The van der Waals surface area contributed by atoms with Crippen molar-refractivity contribution >= 4 is 29.2 Å². The van der Waals surface area contributed by atoms with Gasteiger partial charge in [0.2, 0.25) is 0 Å². The monoisotopic (exact) mass is 532 g/mol. The molecule has 0 atom stereocenters. The summed E-state index contributed by atoms with van der Waals surface area (Å²) in [6.45, 7) is -1.45. The van der Waals surface area contributed by atoms with Gasteiger partial charge in [-0.3, -0.25) is 4.79 Å². The number of alkyl halides is 4. The maximum absolute atomic E-state index is 12.9. The summed E-state index contributed by atoms with van der Waals surface area (Å²) >= 11 is 0. The molecule has 0 aliphatic carbocycles. The van der Waals surface area contributed by atoms with E-state index >= 15 is 0 Å². The molecule has 0 amide bonds. The van der Waals surface area contributed by atoms with E-state index in [-0.39, 0.29) is 36.1 Å². The van der Waals surface area contributed by atoms with Crippen LogP contribution in [-0.4, -0.2) is 37.3 Å². The van der Waals surface area contributed by atoms with Crippen LogP contribution in [0.4, 0.5) is 28.9 Å². The van der Waals surface area contributed by atoms with Gasteiger partial charge in [0.1, 0.15) is 18.1 Å². The molecule has 0 unspecified atom stereocenters. The van der Waals surface area contributed by atoms with Crippen molar-refractivity contribution in [1.29, 1.82) is 0 Å². The molecule has 0 radical (unpaired) electrons. The second kappa shape index (κ2) is 12.7. The Hall–Kier alpha value is -4.38. The number of halogens is 4. The van der Waals surface area contributed by atoms with E-state index in [0.717, 1.165) is 5.56 Å². The highest BCUT2D eigenvalue weighted by atomic mass is 19.3. The smallest absolute Gasteiger partial charge is 0.343 e. The van der Waals surface area contributed by atoms with Crippen LogP contribution >= 0.6 is 0 Å². The van der Waals surface area contributed by atoms with Crippen molar-refractivity contribution in [3.8, 4) is 11.5 Å². The normalized spacial score (nSPS) is 11.6. The number of ether oxygens (including phenoxy) is 3. The van der Waals surface area contributed by atoms with E-state index in [1.165, 1.54) is 42.5 Å². The number of benzene rings is 3. The van der Waals surface area contributed by atoms with Crippen molar-refractivity contribution in [3.05, 3.63) is 89.5 Å². The van der Waals surface area contributed by atoms with Crippen LogP contribution in [0.5, 0.6) is 11.5 Å². The highest BCUT2D eigenvalue weighted by Crippen LogP contribution is 2.25. The van der Waals surface area contributed by atoms with Crippen molar-refractivity contribution in [2.45, 2.75) is 19.0 Å². The van der Waals surface area contributed by atoms with E-state index in [1.54, 1.807) is 36.4 Å². The molecule has 3 aromatic rings. The molecule has 0 saturated carbocycles. The van der Waals surface area contributed by atoms with Gasteiger partial charge in [0.25, 0.3) is 0 Å². The van der Waals surface area contributed by atoms with E-state index in [2.05, 4.69) is 4.74 Å². The van der Waals surface area contributed by atoms with Gasteiger partial charge >= 0.3 is 18.3 Å². The third-order valence-corrected chi connectivity index (χ3v) is 4.94. The lowest BCUT2D eigenvalue weighted by atomic mass is 10.2. The predicted octanol–water partition coefficient (Wildman–Crippen LogP) is 5.15. The van der Waals surface area contributed by atoms with Crippen LogP contribution in [-0.2, 0) is 16.1 Å². The van der Waals surface area contributed by atoms with Gasteiger partial charge < -0.3 is 25.7 Å². The van der Waals surface area contributed by atoms with E-state index in [4.69, 9.17) is 20.9 Å². The maximum atomic E-state index is 12.9. The van der Waals surface area contributed by atoms with Crippen LogP contribution in [0.2, 0.25) is 0 Å². The highest BCUT2D eigenvalue weighted by Gasteiger charge is 2.41. The van der Waals surface area contributed by atoms with Crippen LogP contribution in [0.25, 0.3) is 6.08 Å². The summed E-state index contributed by atoms with van der Waals surface area (Å²) < 4.78 is 65.6. The molecule has 0 saturated heterocycles. The maximum Gasteiger partial charge on any atom is 0.343 e. The summed E-state index contributed by atoms with van der Waals surface area (Å²) in [6.07, 6.45) is -0.916. The van der Waals surface area contributed by atoms with Gasteiger partial charge in [-0.15, -0.1) is 0 Å². The van der Waals surface area contributed by atoms with E-state index in [1.807, 2.05) is 0 Å². The number of carbonyl (C=O) groups excluding carboxylic acids is 2. The minimum Gasteiger partial charge on any atom is -0.487 e. The Labute approximate surface area is 215 Å². The highest BCUT2D eigenvalue weighted by molar-refractivity contribution is 5.94. The van der Waals surface area contributed by atoms with Crippen molar-refractivity contribution in [1.82, 2.24) is 0 Å². The first-order valence-electron chi connectivity index (χ1n) is 11.2. The number of nitrogens with two attached hydrogens (primary N) is 2. The summed E-state index contributed by atoms with van der Waals surface area (Å²) in [5.41, 5.74) is 14.0. The Kier molecular flexibility index (Phi) is 9.44. The van der Waals surface area contributed by atoms with E-state index in [0.29, 0.717) is 16.9 Å². The Morgan fingerprint density at radius 3 is 2.11 bits per heavy atom. The molecule has 0 aliphatic heterocycles. The predicted molar refractivity (Wildman–Crippen MR) is 133 cm³/mol. The topological polar surface area (TPSA) is 114 Å². The molecule has 3 aromatic carbocycles. The Morgan fingerprint density at radius 1 is 0.895 bits per heavy atom. The van der Waals surface area contributed by atoms with Gasteiger partial charge in [0.15, 0.2) is 12.4 Å². The lowest BCUT2D eigenvalue weighted by molar-refractivity contribution is -0.148. The molecule has 0 bridgehead atoms. The summed E-state index contributed by atoms with van der Waals surface area (Å²) in [5.74, 6) is -5.16. The summed E-state index contributed by atoms with van der Waals surface area (Å²) in [6, 6.07) is 16.2. The minimum atomic E-state index is -4.28. The van der Waals surface area contributed by atoms with Crippen molar-refractivity contribution in [3.63, 3.8) is 0 Å². The molecule has 38 heavy (non-hydrogen) atoms.